The molecule has 49 heavy (non-hydrogen) atoms. The van der Waals surface area contributed by atoms with E-state index in [4.69, 9.17) is 0 Å². The van der Waals surface area contributed by atoms with Gasteiger partial charge in [0.2, 0.25) is 0 Å². The molecule has 0 N–H and O–H groups in total. The maximum atomic E-state index is 2.35. The number of thiophene rings is 2. The van der Waals surface area contributed by atoms with E-state index in [1.165, 1.54) is 100 Å². The van der Waals surface area contributed by atoms with Crippen LogP contribution in [0.4, 0.5) is 0 Å². The molecule has 2 heterocycles. The number of rotatable bonds is 8. The Hall–Kier alpha value is -3.04. The van der Waals surface area contributed by atoms with Gasteiger partial charge in [-0.2, -0.15) is 22.7 Å². The van der Waals surface area contributed by atoms with Crippen molar-refractivity contribution in [1.82, 2.24) is 0 Å². The molecule has 2 aromatic heterocycles. The van der Waals surface area contributed by atoms with E-state index in [0.29, 0.717) is 0 Å². The van der Waals surface area contributed by atoms with Gasteiger partial charge in [-0.25, -0.2) is 0 Å². The minimum Gasteiger partial charge on any atom is -1.00 e. The quantitative estimate of drug-likeness (QED) is 0.138. The molecule has 0 bridgehead atoms. The van der Waals surface area contributed by atoms with Gasteiger partial charge in [0.05, 0.1) is 0 Å². The minimum absolute atomic E-state index is 0. The molecule has 0 radical (unpaired) electrons. The van der Waals surface area contributed by atoms with E-state index in [9.17, 15) is 0 Å². The van der Waals surface area contributed by atoms with Gasteiger partial charge >= 0.3 is 26.2 Å². The summed E-state index contributed by atoms with van der Waals surface area (Å²) in [5.74, 6) is 0. The molecule has 0 atom stereocenters. The molecule has 0 unspecified atom stereocenters. The first kappa shape index (κ1) is 38.8. The van der Waals surface area contributed by atoms with Crippen LogP contribution in [0.15, 0.2) is 146 Å². The molecule has 0 nitrogen and oxygen atoms in total. The number of fused-ring (bicyclic) bond motifs is 2. The maximum absolute atomic E-state index is 2.35. The van der Waals surface area contributed by atoms with E-state index in [0.717, 1.165) is 0 Å². The molecule has 8 aromatic rings. The Balaban J connectivity index is 0.000000208. The maximum Gasteiger partial charge on any atom is 4.00 e. The molecule has 0 saturated carbocycles. The van der Waals surface area contributed by atoms with Crippen molar-refractivity contribution in [3.63, 3.8) is 0 Å². The largest absolute Gasteiger partial charge is 4.00 e. The van der Waals surface area contributed by atoms with Crippen molar-refractivity contribution in [3.05, 3.63) is 155 Å². The fourth-order valence-corrected chi connectivity index (χ4v) is 8.51. The van der Waals surface area contributed by atoms with Crippen molar-refractivity contribution in [2.45, 2.75) is 39.5 Å². The molecule has 0 aliphatic rings. The van der Waals surface area contributed by atoms with Crippen molar-refractivity contribution >= 4 is 44.2 Å². The van der Waals surface area contributed by atoms with Gasteiger partial charge in [0.25, 0.3) is 0 Å². The zero-order valence-corrected chi connectivity index (χ0v) is 33.4. The Morgan fingerprint density at radius 2 is 0.878 bits per heavy atom. The molecular weight excluding hydrogens is 755 g/mol. The average molecular weight is 793 g/mol. The fraction of sp³-hybridized carbons (Fsp3) is 0.136. The topological polar surface area (TPSA) is 0 Å². The summed E-state index contributed by atoms with van der Waals surface area (Å²) in [7, 11) is 0. The van der Waals surface area contributed by atoms with Crippen molar-refractivity contribution in [2.75, 3.05) is 0 Å². The second kappa shape index (κ2) is 18.3. The molecule has 5 heteroatoms. The number of halogens is 2. The first-order valence-electron chi connectivity index (χ1n) is 16.4. The van der Waals surface area contributed by atoms with Crippen LogP contribution >= 0.6 is 22.7 Å². The summed E-state index contributed by atoms with van der Waals surface area (Å²) in [6.07, 6.45) is 4.78. The van der Waals surface area contributed by atoms with E-state index >= 15 is 0 Å². The van der Waals surface area contributed by atoms with Gasteiger partial charge in [0.1, 0.15) is 0 Å². The molecule has 0 saturated heterocycles. The molecular formula is C44H38Cl2S2Zr. The number of aryl methyl sites for hydroxylation is 2. The van der Waals surface area contributed by atoms with Crippen LogP contribution < -0.4 is 24.8 Å². The van der Waals surface area contributed by atoms with Crippen LogP contribution in [-0.2, 0) is 39.0 Å². The molecule has 0 spiro atoms. The summed E-state index contributed by atoms with van der Waals surface area (Å²) in [6.45, 7) is 4.48. The predicted molar refractivity (Wildman–Crippen MR) is 205 cm³/mol. The average Bonchev–Trinajstić information content (AvgIpc) is 3.91. The van der Waals surface area contributed by atoms with Crippen molar-refractivity contribution in [1.29, 1.82) is 0 Å². The van der Waals surface area contributed by atoms with Crippen LogP contribution in [0.2, 0.25) is 0 Å². The van der Waals surface area contributed by atoms with Gasteiger partial charge in [-0.05, 0) is 43.5 Å². The van der Waals surface area contributed by atoms with E-state index in [1.54, 1.807) is 0 Å². The van der Waals surface area contributed by atoms with Crippen molar-refractivity contribution in [3.8, 4) is 43.1 Å². The first-order chi connectivity index (χ1) is 22.7. The molecule has 0 aliphatic heterocycles. The van der Waals surface area contributed by atoms with Crippen LogP contribution in [-0.4, -0.2) is 0 Å². The van der Waals surface area contributed by atoms with E-state index in [-0.39, 0.29) is 51.0 Å². The molecule has 0 amide bonds. The molecule has 8 rings (SSSR count). The van der Waals surface area contributed by atoms with Crippen LogP contribution in [0.5, 0.6) is 0 Å². The zero-order valence-electron chi connectivity index (χ0n) is 27.8. The number of hydrogen-bond donors (Lipinski definition) is 0. The summed E-state index contributed by atoms with van der Waals surface area (Å²) < 4.78 is 0. The van der Waals surface area contributed by atoms with Crippen LogP contribution in [0, 0.1) is 0 Å². The third-order valence-corrected chi connectivity index (χ3v) is 10.9. The van der Waals surface area contributed by atoms with Gasteiger partial charge < -0.3 is 24.8 Å². The summed E-state index contributed by atoms with van der Waals surface area (Å²) in [5.41, 5.74) is 7.90. The fourth-order valence-electron chi connectivity index (χ4n) is 6.32. The monoisotopic (exact) mass is 790 g/mol. The first-order valence-corrected chi connectivity index (χ1v) is 18.0. The van der Waals surface area contributed by atoms with Gasteiger partial charge in [-0.1, -0.05) is 147 Å². The summed E-state index contributed by atoms with van der Waals surface area (Å²) in [4.78, 5) is 5.72. The molecule has 6 aromatic carbocycles. The summed E-state index contributed by atoms with van der Waals surface area (Å²) in [5, 5.41) is 5.34. The van der Waals surface area contributed by atoms with Gasteiger partial charge in [-0.3, -0.25) is 0 Å². The Kier molecular flexibility index (Phi) is 14.5. The predicted octanol–water partition coefficient (Wildman–Crippen LogP) is 7.82. The standard InChI is InChI=1S/2C22H19S.2ClH.Zr/c2*1-2-7-19-12-13-22(23-19)18-14-17-10-6-11-20(21(17)15-18)16-8-4-3-5-9-16;;;/h2*3-6,8-15H,2,7H2,1H3;2*1H;/q2*-1;;;+4/p-2. The smallest absolute Gasteiger partial charge is 1.00 e. The molecule has 0 aliphatic carbocycles. The minimum atomic E-state index is 0. The summed E-state index contributed by atoms with van der Waals surface area (Å²) >= 11 is 3.85. The van der Waals surface area contributed by atoms with Crippen LogP contribution in [0.3, 0.4) is 0 Å². The normalized spacial score (nSPS) is 10.5. The van der Waals surface area contributed by atoms with E-state index in [2.05, 4.69) is 159 Å². The van der Waals surface area contributed by atoms with E-state index in [1.807, 2.05) is 22.7 Å². The second-order valence-corrected chi connectivity index (χ2v) is 14.2. The van der Waals surface area contributed by atoms with Gasteiger partial charge in [-0.15, -0.1) is 69.1 Å². The van der Waals surface area contributed by atoms with Crippen LogP contribution in [0.1, 0.15) is 36.4 Å². The third kappa shape index (κ3) is 8.83. The van der Waals surface area contributed by atoms with Crippen molar-refractivity contribution < 1.29 is 51.0 Å². The van der Waals surface area contributed by atoms with Crippen molar-refractivity contribution in [2.24, 2.45) is 0 Å². The SMILES string of the molecule is CCCc1ccc(-c2cc3c(-c4ccccc4)cccc3[cH-]2)s1.CCCc1ccc(-c2cc3c(-c4ccccc4)cccc3[cH-]2)s1.[Cl-].[Cl-].[Zr+4]. The summed E-state index contributed by atoms with van der Waals surface area (Å²) in [6, 6.07) is 52.9. The van der Waals surface area contributed by atoms with Crippen LogP contribution in [0.25, 0.3) is 64.7 Å². The molecule has 244 valence electrons. The second-order valence-electron chi connectivity index (χ2n) is 11.9. The number of hydrogen-bond acceptors (Lipinski definition) is 2. The zero-order chi connectivity index (χ0) is 31.3. The van der Waals surface area contributed by atoms with E-state index < -0.39 is 0 Å². The Morgan fingerprint density at radius 1 is 0.469 bits per heavy atom. The third-order valence-electron chi connectivity index (χ3n) is 8.56. The van der Waals surface area contributed by atoms with Gasteiger partial charge in [0, 0.05) is 0 Å². The number of benzene rings is 4. The Morgan fingerprint density at radius 3 is 1.27 bits per heavy atom. The van der Waals surface area contributed by atoms with Gasteiger partial charge in [0.15, 0.2) is 0 Å². The Bertz CT molecular complexity index is 2030. The Labute approximate surface area is 330 Å². The molecule has 0 fully saturated rings.